The molecule has 0 radical (unpaired) electrons. The molecule has 0 bridgehead atoms. The van der Waals surface area contributed by atoms with Gasteiger partial charge in [0.05, 0.1) is 11.5 Å². The molecule has 1 heterocycles. The van der Waals surface area contributed by atoms with E-state index in [0.717, 1.165) is 23.2 Å². The molecule has 7 heteroatoms. The minimum Gasteiger partial charge on any atom is -0.356 e. The average molecular weight is 389 g/mol. The van der Waals surface area contributed by atoms with Crippen molar-refractivity contribution in [2.24, 2.45) is 4.99 Å². The number of non-ortho nitro benzene ring substituents is 1. The summed E-state index contributed by atoms with van der Waals surface area (Å²) in [5, 5.41) is 17.4. The van der Waals surface area contributed by atoms with Gasteiger partial charge in [0.2, 0.25) is 0 Å². The van der Waals surface area contributed by atoms with Crippen LogP contribution in [0.1, 0.15) is 16.8 Å². The Balaban J connectivity index is 1.60. The number of rotatable bonds is 8. The van der Waals surface area contributed by atoms with E-state index in [1.807, 2.05) is 48.5 Å². The quantitative estimate of drug-likeness (QED) is 0.266. The molecule has 7 nitrogen and oxygen atoms in total. The Morgan fingerprint density at radius 3 is 2.38 bits per heavy atom. The molecule has 0 aliphatic heterocycles. The topological polar surface area (TPSA) is 92.5 Å². The van der Waals surface area contributed by atoms with E-state index < -0.39 is 4.92 Å². The predicted molar refractivity (Wildman–Crippen MR) is 113 cm³/mol. The molecule has 29 heavy (non-hydrogen) atoms. The van der Waals surface area contributed by atoms with Crippen LogP contribution in [-0.4, -0.2) is 22.4 Å². The van der Waals surface area contributed by atoms with Crippen LogP contribution in [0.2, 0.25) is 0 Å². The Morgan fingerprint density at radius 1 is 0.931 bits per heavy atom. The fourth-order valence-corrected chi connectivity index (χ4v) is 2.70. The number of aromatic nitrogens is 1. The third-order valence-electron chi connectivity index (χ3n) is 4.27. The lowest BCUT2D eigenvalue weighted by Crippen LogP contribution is -2.38. The van der Waals surface area contributed by atoms with Crippen LogP contribution in [-0.2, 0) is 19.5 Å². The predicted octanol–water partition coefficient (Wildman–Crippen LogP) is 3.47. The maximum Gasteiger partial charge on any atom is 0.269 e. The zero-order valence-corrected chi connectivity index (χ0v) is 16.0. The molecular weight excluding hydrogens is 366 g/mol. The number of nitro benzene ring substituents is 1. The Bertz CT molecular complexity index is 928. The van der Waals surface area contributed by atoms with Gasteiger partial charge >= 0.3 is 0 Å². The summed E-state index contributed by atoms with van der Waals surface area (Å²) in [7, 11) is 0. The van der Waals surface area contributed by atoms with Gasteiger partial charge in [0.25, 0.3) is 5.69 Å². The molecule has 0 fully saturated rings. The first-order valence-corrected chi connectivity index (χ1v) is 9.40. The Morgan fingerprint density at radius 2 is 1.69 bits per heavy atom. The second-order valence-electron chi connectivity index (χ2n) is 6.43. The molecule has 0 amide bonds. The summed E-state index contributed by atoms with van der Waals surface area (Å²) in [6.45, 7) is 1.76. The fraction of sp³-hybridized carbons (Fsp3) is 0.182. The average Bonchev–Trinajstić information content (AvgIpc) is 2.77. The number of guanidine groups is 1. The highest BCUT2D eigenvalue weighted by Crippen LogP contribution is 2.11. The Hall–Kier alpha value is -3.74. The van der Waals surface area contributed by atoms with E-state index in [1.165, 1.54) is 12.1 Å². The van der Waals surface area contributed by atoms with Gasteiger partial charge < -0.3 is 10.6 Å². The summed E-state index contributed by atoms with van der Waals surface area (Å²) in [4.78, 5) is 19.4. The lowest BCUT2D eigenvalue weighted by Gasteiger charge is -2.13. The maximum atomic E-state index is 10.8. The van der Waals surface area contributed by atoms with Crippen molar-refractivity contribution >= 4 is 11.6 Å². The van der Waals surface area contributed by atoms with Crippen molar-refractivity contribution in [1.29, 1.82) is 0 Å². The van der Waals surface area contributed by atoms with Gasteiger partial charge in [-0.3, -0.25) is 15.1 Å². The van der Waals surface area contributed by atoms with E-state index >= 15 is 0 Å². The van der Waals surface area contributed by atoms with Crippen molar-refractivity contribution in [2.75, 3.05) is 6.54 Å². The van der Waals surface area contributed by atoms with Crippen LogP contribution in [0.3, 0.4) is 0 Å². The smallest absolute Gasteiger partial charge is 0.269 e. The maximum absolute atomic E-state index is 10.8. The van der Waals surface area contributed by atoms with E-state index in [9.17, 15) is 10.1 Å². The van der Waals surface area contributed by atoms with Gasteiger partial charge in [-0.25, -0.2) is 4.99 Å². The lowest BCUT2D eigenvalue weighted by molar-refractivity contribution is -0.384. The van der Waals surface area contributed by atoms with Crippen molar-refractivity contribution in [1.82, 2.24) is 15.6 Å². The highest BCUT2D eigenvalue weighted by molar-refractivity contribution is 5.79. The Labute approximate surface area is 169 Å². The van der Waals surface area contributed by atoms with Gasteiger partial charge in [0, 0.05) is 43.5 Å². The molecule has 0 atom stereocenters. The van der Waals surface area contributed by atoms with Gasteiger partial charge in [-0.2, -0.15) is 0 Å². The van der Waals surface area contributed by atoms with E-state index in [4.69, 9.17) is 0 Å². The van der Waals surface area contributed by atoms with Gasteiger partial charge in [0.15, 0.2) is 5.96 Å². The third-order valence-corrected chi connectivity index (χ3v) is 4.27. The summed E-state index contributed by atoms with van der Waals surface area (Å²) in [5.74, 6) is 0.683. The van der Waals surface area contributed by atoms with Crippen LogP contribution in [0.15, 0.2) is 84.0 Å². The number of hydrogen-bond acceptors (Lipinski definition) is 4. The Kier molecular flexibility index (Phi) is 7.28. The van der Waals surface area contributed by atoms with Crippen molar-refractivity contribution in [3.8, 4) is 0 Å². The number of hydrogen-bond donors (Lipinski definition) is 2. The number of nitrogens with zero attached hydrogens (tertiary/aromatic N) is 3. The molecule has 2 aromatic carbocycles. The molecule has 0 saturated carbocycles. The van der Waals surface area contributed by atoms with Crippen LogP contribution in [0, 0.1) is 10.1 Å². The molecule has 148 valence electrons. The number of nitrogens with one attached hydrogen (secondary N) is 2. The molecule has 1 aromatic heterocycles. The van der Waals surface area contributed by atoms with Crippen molar-refractivity contribution < 1.29 is 4.92 Å². The van der Waals surface area contributed by atoms with Crippen molar-refractivity contribution in [2.45, 2.75) is 19.5 Å². The minimum absolute atomic E-state index is 0.0835. The second-order valence-corrected chi connectivity index (χ2v) is 6.43. The van der Waals surface area contributed by atoms with E-state index in [2.05, 4.69) is 20.6 Å². The minimum atomic E-state index is -0.400. The van der Waals surface area contributed by atoms with Gasteiger partial charge in [0.1, 0.15) is 0 Å². The monoisotopic (exact) mass is 389 g/mol. The summed E-state index contributed by atoms with van der Waals surface area (Å²) >= 11 is 0. The standard InChI is InChI=1S/C22H23N5O2/c28-27(29)21-11-9-19(10-12-21)17-26-22(25-16-18-6-2-1-3-7-18)24-15-13-20-8-4-5-14-23-20/h1-12,14H,13,15-17H2,(H2,24,25,26). The molecule has 3 aromatic rings. The largest absolute Gasteiger partial charge is 0.356 e. The van der Waals surface area contributed by atoms with E-state index in [-0.39, 0.29) is 5.69 Å². The zero-order chi connectivity index (χ0) is 20.3. The number of pyridine rings is 1. The number of aliphatic imine (C=N–C) groups is 1. The summed E-state index contributed by atoms with van der Waals surface area (Å²) in [6.07, 6.45) is 2.57. The molecular formula is C22H23N5O2. The number of benzene rings is 2. The van der Waals surface area contributed by atoms with Crippen LogP contribution >= 0.6 is 0 Å². The first kappa shape index (κ1) is 20.0. The fourth-order valence-electron chi connectivity index (χ4n) is 2.70. The first-order chi connectivity index (χ1) is 14.2. The summed E-state index contributed by atoms with van der Waals surface area (Å²) in [6, 6.07) is 22.4. The van der Waals surface area contributed by atoms with Gasteiger partial charge in [-0.1, -0.05) is 48.5 Å². The van der Waals surface area contributed by atoms with E-state index in [1.54, 1.807) is 18.3 Å². The number of nitro groups is 1. The molecule has 0 saturated heterocycles. The second kappa shape index (κ2) is 10.6. The van der Waals surface area contributed by atoms with Crippen LogP contribution < -0.4 is 10.6 Å². The zero-order valence-electron chi connectivity index (χ0n) is 16.0. The normalized spacial score (nSPS) is 11.1. The van der Waals surface area contributed by atoms with Gasteiger partial charge in [-0.15, -0.1) is 0 Å². The van der Waals surface area contributed by atoms with Crippen LogP contribution in [0.25, 0.3) is 0 Å². The molecule has 2 N–H and O–H groups in total. The highest BCUT2D eigenvalue weighted by atomic mass is 16.6. The third kappa shape index (κ3) is 6.73. The SMILES string of the molecule is O=[N+]([O-])c1ccc(CNC(=NCc2ccccc2)NCCc2ccccn2)cc1. The van der Waals surface area contributed by atoms with Crippen molar-refractivity contribution in [3.63, 3.8) is 0 Å². The van der Waals surface area contributed by atoms with Crippen molar-refractivity contribution in [3.05, 3.63) is 106 Å². The first-order valence-electron chi connectivity index (χ1n) is 9.40. The van der Waals surface area contributed by atoms with E-state index in [0.29, 0.717) is 25.6 Å². The molecule has 0 aliphatic rings. The molecule has 0 aliphatic carbocycles. The van der Waals surface area contributed by atoms with Gasteiger partial charge in [-0.05, 0) is 23.3 Å². The summed E-state index contributed by atoms with van der Waals surface area (Å²) < 4.78 is 0. The molecule has 3 rings (SSSR count). The van der Waals surface area contributed by atoms with Crippen LogP contribution in [0.5, 0.6) is 0 Å². The lowest BCUT2D eigenvalue weighted by atomic mass is 10.2. The molecule has 0 unspecified atom stereocenters. The summed E-state index contributed by atoms with van der Waals surface area (Å²) in [5.41, 5.74) is 3.15. The highest BCUT2D eigenvalue weighted by Gasteiger charge is 2.05. The van der Waals surface area contributed by atoms with Crippen LogP contribution in [0.4, 0.5) is 5.69 Å². The molecule has 0 spiro atoms.